The summed E-state index contributed by atoms with van der Waals surface area (Å²) in [4.78, 5) is 2.35. The minimum Gasteiger partial charge on any atom is -0.372 e. The molecule has 0 bridgehead atoms. The van der Waals surface area contributed by atoms with Crippen molar-refractivity contribution >= 4 is 5.69 Å². The molecule has 1 unspecified atom stereocenters. The lowest BCUT2D eigenvalue weighted by Crippen LogP contribution is -2.29. The van der Waals surface area contributed by atoms with E-state index in [2.05, 4.69) is 57.0 Å². The van der Waals surface area contributed by atoms with Crippen LogP contribution in [0.4, 0.5) is 5.69 Å². The second-order valence-electron chi connectivity index (χ2n) is 5.29. The van der Waals surface area contributed by atoms with Crippen LogP contribution in [0.5, 0.6) is 0 Å². The van der Waals surface area contributed by atoms with Gasteiger partial charge in [-0.25, -0.2) is 0 Å². The van der Waals surface area contributed by atoms with Crippen LogP contribution in [0.1, 0.15) is 32.8 Å². The molecular weight excluding hydrogens is 208 g/mol. The highest BCUT2D eigenvalue weighted by atomic mass is 15.1. The molecule has 2 N–H and O–H groups in total. The van der Waals surface area contributed by atoms with Crippen molar-refractivity contribution in [2.45, 2.75) is 39.7 Å². The largest absolute Gasteiger partial charge is 0.372 e. The van der Waals surface area contributed by atoms with Crippen molar-refractivity contribution in [2.24, 2.45) is 11.7 Å². The Morgan fingerprint density at radius 2 is 1.71 bits per heavy atom. The number of hydrogen-bond donors (Lipinski definition) is 1. The second kappa shape index (κ2) is 6.65. The van der Waals surface area contributed by atoms with Gasteiger partial charge in [0.15, 0.2) is 0 Å². The van der Waals surface area contributed by atoms with Crippen LogP contribution in [0.3, 0.4) is 0 Å². The topological polar surface area (TPSA) is 29.3 Å². The molecule has 0 saturated carbocycles. The molecule has 0 aromatic heterocycles. The number of nitrogens with zero attached hydrogens (tertiary/aromatic N) is 1. The fourth-order valence-corrected chi connectivity index (χ4v) is 2.16. The Kier molecular flexibility index (Phi) is 5.49. The van der Waals surface area contributed by atoms with Crippen molar-refractivity contribution in [3.8, 4) is 0 Å². The number of benzene rings is 1. The lowest BCUT2D eigenvalue weighted by atomic mass is 10.0. The zero-order valence-corrected chi connectivity index (χ0v) is 11.6. The maximum Gasteiger partial charge on any atom is 0.0366 e. The number of anilines is 1. The molecule has 0 aliphatic heterocycles. The Morgan fingerprint density at radius 1 is 1.12 bits per heavy atom. The van der Waals surface area contributed by atoms with Crippen LogP contribution in [0.2, 0.25) is 0 Å². The highest BCUT2D eigenvalue weighted by molar-refractivity contribution is 5.47. The first-order valence-electron chi connectivity index (χ1n) is 6.56. The van der Waals surface area contributed by atoms with E-state index in [0.717, 1.165) is 18.9 Å². The summed E-state index contributed by atoms with van der Waals surface area (Å²) >= 11 is 0. The predicted molar refractivity (Wildman–Crippen MR) is 76.5 cm³/mol. The summed E-state index contributed by atoms with van der Waals surface area (Å²) in [5.41, 5.74) is 8.16. The van der Waals surface area contributed by atoms with Gasteiger partial charge in [0.2, 0.25) is 0 Å². The third-order valence-electron chi connectivity index (χ3n) is 3.25. The van der Waals surface area contributed by atoms with Gasteiger partial charge in [-0.05, 0) is 49.9 Å². The fourth-order valence-electron chi connectivity index (χ4n) is 2.16. The Balaban J connectivity index is 2.65. The molecule has 0 aliphatic rings. The van der Waals surface area contributed by atoms with Crippen LogP contribution in [-0.4, -0.2) is 19.6 Å². The summed E-state index contributed by atoms with van der Waals surface area (Å²) in [5, 5.41) is 0. The van der Waals surface area contributed by atoms with E-state index in [1.165, 1.54) is 17.7 Å². The Bertz CT molecular complexity index is 316. The van der Waals surface area contributed by atoms with E-state index in [4.69, 9.17) is 5.73 Å². The maximum absolute atomic E-state index is 5.55. The lowest BCUT2D eigenvalue weighted by Gasteiger charge is -2.28. The van der Waals surface area contributed by atoms with Gasteiger partial charge < -0.3 is 10.6 Å². The Labute approximate surface area is 106 Å². The van der Waals surface area contributed by atoms with Gasteiger partial charge in [-0.1, -0.05) is 26.0 Å². The molecule has 0 saturated heterocycles. The van der Waals surface area contributed by atoms with E-state index in [1.807, 2.05) is 0 Å². The number of hydrogen-bond acceptors (Lipinski definition) is 2. The molecule has 1 atom stereocenters. The molecule has 2 nitrogen and oxygen atoms in total. The first kappa shape index (κ1) is 14.0. The second-order valence-corrected chi connectivity index (χ2v) is 5.29. The van der Waals surface area contributed by atoms with Gasteiger partial charge in [0, 0.05) is 18.8 Å². The zero-order valence-electron chi connectivity index (χ0n) is 11.6. The van der Waals surface area contributed by atoms with Crippen LogP contribution in [0.25, 0.3) is 0 Å². The SMILES string of the molecule is CC(C)CC(C)N(C)c1ccc(CCN)cc1. The first-order chi connectivity index (χ1) is 8.04. The third kappa shape index (κ3) is 4.39. The van der Waals surface area contributed by atoms with Gasteiger partial charge >= 0.3 is 0 Å². The highest BCUT2D eigenvalue weighted by Gasteiger charge is 2.11. The van der Waals surface area contributed by atoms with Crippen LogP contribution < -0.4 is 10.6 Å². The predicted octanol–water partition coefficient (Wildman–Crippen LogP) is 3.06. The summed E-state index contributed by atoms with van der Waals surface area (Å²) in [6.07, 6.45) is 2.19. The summed E-state index contributed by atoms with van der Waals surface area (Å²) in [6, 6.07) is 9.33. The normalized spacial score (nSPS) is 12.8. The molecular formula is C15H26N2. The molecule has 1 aromatic rings. The molecule has 2 heteroatoms. The van der Waals surface area contributed by atoms with Gasteiger partial charge in [0.05, 0.1) is 0 Å². The monoisotopic (exact) mass is 234 g/mol. The molecule has 0 heterocycles. The minimum absolute atomic E-state index is 0.579. The van der Waals surface area contributed by atoms with Crippen molar-refractivity contribution in [1.82, 2.24) is 0 Å². The van der Waals surface area contributed by atoms with Crippen LogP contribution in [0, 0.1) is 5.92 Å². The van der Waals surface area contributed by atoms with Crippen LogP contribution in [-0.2, 0) is 6.42 Å². The van der Waals surface area contributed by atoms with Gasteiger partial charge in [-0.2, -0.15) is 0 Å². The number of nitrogens with two attached hydrogens (primary N) is 1. The van der Waals surface area contributed by atoms with E-state index < -0.39 is 0 Å². The molecule has 0 radical (unpaired) electrons. The zero-order chi connectivity index (χ0) is 12.8. The molecule has 0 amide bonds. The first-order valence-corrected chi connectivity index (χ1v) is 6.56. The van der Waals surface area contributed by atoms with E-state index in [1.54, 1.807) is 0 Å². The van der Waals surface area contributed by atoms with Crippen molar-refractivity contribution in [3.05, 3.63) is 29.8 Å². The van der Waals surface area contributed by atoms with Gasteiger partial charge in [-0.3, -0.25) is 0 Å². The van der Waals surface area contributed by atoms with E-state index in [0.29, 0.717) is 6.04 Å². The van der Waals surface area contributed by atoms with Crippen molar-refractivity contribution in [1.29, 1.82) is 0 Å². The fraction of sp³-hybridized carbons (Fsp3) is 0.600. The van der Waals surface area contributed by atoms with Crippen molar-refractivity contribution in [2.75, 3.05) is 18.5 Å². The average Bonchev–Trinajstić information content (AvgIpc) is 2.28. The van der Waals surface area contributed by atoms with Crippen molar-refractivity contribution < 1.29 is 0 Å². The van der Waals surface area contributed by atoms with Gasteiger partial charge in [0.25, 0.3) is 0 Å². The van der Waals surface area contributed by atoms with Crippen LogP contribution >= 0.6 is 0 Å². The average molecular weight is 234 g/mol. The smallest absolute Gasteiger partial charge is 0.0366 e. The highest BCUT2D eigenvalue weighted by Crippen LogP contribution is 2.19. The Morgan fingerprint density at radius 3 is 2.18 bits per heavy atom. The van der Waals surface area contributed by atoms with E-state index in [-0.39, 0.29) is 0 Å². The molecule has 0 fully saturated rings. The lowest BCUT2D eigenvalue weighted by molar-refractivity contribution is 0.504. The summed E-state index contributed by atoms with van der Waals surface area (Å²) < 4.78 is 0. The molecule has 17 heavy (non-hydrogen) atoms. The molecule has 1 rings (SSSR count). The van der Waals surface area contributed by atoms with E-state index >= 15 is 0 Å². The molecule has 1 aromatic carbocycles. The quantitative estimate of drug-likeness (QED) is 0.819. The summed E-state index contributed by atoms with van der Waals surface area (Å²) in [6.45, 7) is 7.55. The molecule has 0 spiro atoms. The maximum atomic E-state index is 5.55. The summed E-state index contributed by atoms with van der Waals surface area (Å²) in [7, 11) is 2.17. The minimum atomic E-state index is 0.579. The molecule has 0 aliphatic carbocycles. The van der Waals surface area contributed by atoms with E-state index in [9.17, 15) is 0 Å². The Hall–Kier alpha value is -1.02. The number of rotatable bonds is 6. The standard InChI is InChI=1S/C15H26N2/c1-12(2)11-13(3)17(4)15-7-5-14(6-8-15)9-10-16/h5-8,12-13H,9-11,16H2,1-4H3. The van der Waals surface area contributed by atoms with Gasteiger partial charge in [0.1, 0.15) is 0 Å². The summed E-state index contributed by atoms with van der Waals surface area (Å²) in [5.74, 6) is 0.740. The molecule has 96 valence electrons. The third-order valence-corrected chi connectivity index (χ3v) is 3.25. The van der Waals surface area contributed by atoms with Gasteiger partial charge in [-0.15, -0.1) is 0 Å². The van der Waals surface area contributed by atoms with Crippen molar-refractivity contribution in [3.63, 3.8) is 0 Å². The van der Waals surface area contributed by atoms with Crippen LogP contribution in [0.15, 0.2) is 24.3 Å².